The molecule has 306 valence electrons. The number of hydrogen-bond acceptors (Lipinski definition) is 6. The molecule has 0 saturated carbocycles. The van der Waals surface area contributed by atoms with E-state index in [1.165, 1.54) is 83.5 Å². The van der Waals surface area contributed by atoms with Crippen LogP contribution in [0, 0.1) is 0 Å². The number of esters is 3. The number of allylic oxidation sites excluding steroid dienone is 8. The van der Waals surface area contributed by atoms with Crippen molar-refractivity contribution in [1.29, 1.82) is 0 Å². The summed E-state index contributed by atoms with van der Waals surface area (Å²) in [7, 11) is 0. The zero-order valence-corrected chi connectivity index (χ0v) is 34.8. The van der Waals surface area contributed by atoms with E-state index in [0.29, 0.717) is 19.3 Å². The summed E-state index contributed by atoms with van der Waals surface area (Å²) < 4.78 is 16.6. The van der Waals surface area contributed by atoms with Crippen molar-refractivity contribution in [2.24, 2.45) is 0 Å². The van der Waals surface area contributed by atoms with Gasteiger partial charge in [-0.3, -0.25) is 14.4 Å². The maximum absolute atomic E-state index is 12.7. The first-order valence-corrected chi connectivity index (χ1v) is 22.1. The molecule has 6 nitrogen and oxygen atoms in total. The van der Waals surface area contributed by atoms with E-state index in [1.54, 1.807) is 0 Å². The van der Waals surface area contributed by atoms with Gasteiger partial charge in [0.15, 0.2) is 6.10 Å². The Bertz CT molecular complexity index is 949. The van der Waals surface area contributed by atoms with Crippen LogP contribution in [0.5, 0.6) is 0 Å². The number of carbonyl (C=O) groups excluding carboxylic acids is 3. The third-order valence-electron chi connectivity index (χ3n) is 9.32. The van der Waals surface area contributed by atoms with Crippen LogP contribution in [0.15, 0.2) is 48.6 Å². The predicted octanol–water partition coefficient (Wildman–Crippen LogP) is 14.0. The summed E-state index contributed by atoms with van der Waals surface area (Å²) >= 11 is 0. The summed E-state index contributed by atoms with van der Waals surface area (Å²) in [5, 5.41) is 0. The van der Waals surface area contributed by atoms with Crippen LogP contribution in [0.4, 0.5) is 0 Å². The molecule has 1 unspecified atom stereocenters. The Labute approximate surface area is 327 Å². The van der Waals surface area contributed by atoms with E-state index in [2.05, 4.69) is 69.4 Å². The Morgan fingerprint density at radius 2 is 0.736 bits per heavy atom. The number of carbonyl (C=O) groups is 3. The fourth-order valence-electron chi connectivity index (χ4n) is 5.98. The molecular weight excluding hydrogens is 661 g/mol. The average molecular weight is 743 g/mol. The molecule has 1 atom stereocenters. The van der Waals surface area contributed by atoms with Crippen molar-refractivity contribution < 1.29 is 28.6 Å². The third-order valence-corrected chi connectivity index (χ3v) is 9.32. The normalized spacial score (nSPS) is 12.4. The molecule has 0 bridgehead atoms. The maximum atomic E-state index is 12.7. The van der Waals surface area contributed by atoms with Gasteiger partial charge >= 0.3 is 17.9 Å². The molecule has 0 spiro atoms. The SMILES string of the molecule is CC/C=C\C/C=C\C/C=C\CCCCC(=O)OC(COC(=O)CCCCC/C=C\CCCCCCCC)COC(=O)CCCCCCCCCCCC. The lowest BCUT2D eigenvalue weighted by Gasteiger charge is -2.18. The maximum Gasteiger partial charge on any atom is 0.306 e. The van der Waals surface area contributed by atoms with Crippen molar-refractivity contribution in [2.45, 2.75) is 219 Å². The second-order valence-corrected chi connectivity index (χ2v) is 14.6. The highest BCUT2D eigenvalue weighted by Crippen LogP contribution is 2.13. The number of ether oxygens (including phenoxy) is 3. The largest absolute Gasteiger partial charge is 0.462 e. The van der Waals surface area contributed by atoms with Crippen LogP contribution in [-0.4, -0.2) is 37.2 Å². The van der Waals surface area contributed by atoms with Gasteiger partial charge in [-0.15, -0.1) is 0 Å². The highest BCUT2D eigenvalue weighted by molar-refractivity contribution is 5.71. The van der Waals surface area contributed by atoms with Gasteiger partial charge in [-0.25, -0.2) is 0 Å². The van der Waals surface area contributed by atoms with Crippen LogP contribution in [0.25, 0.3) is 0 Å². The van der Waals surface area contributed by atoms with E-state index in [-0.39, 0.29) is 37.5 Å². The summed E-state index contributed by atoms with van der Waals surface area (Å²) in [5.74, 6) is -0.953. The summed E-state index contributed by atoms with van der Waals surface area (Å²) in [4.78, 5) is 37.6. The number of unbranched alkanes of at least 4 members (excludes halogenated alkanes) is 20. The van der Waals surface area contributed by atoms with E-state index in [0.717, 1.165) is 83.5 Å². The fraction of sp³-hybridized carbons (Fsp3) is 0.766. The molecular formula is C47H82O6. The summed E-state index contributed by atoms with van der Waals surface area (Å²) in [5.41, 5.74) is 0. The lowest BCUT2D eigenvalue weighted by Crippen LogP contribution is -2.30. The van der Waals surface area contributed by atoms with E-state index in [9.17, 15) is 14.4 Å². The molecule has 0 fully saturated rings. The quantitative estimate of drug-likeness (QED) is 0.0270. The molecule has 6 heteroatoms. The van der Waals surface area contributed by atoms with Crippen molar-refractivity contribution in [3.8, 4) is 0 Å². The molecule has 0 aromatic rings. The molecule has 0 N–H and O–H groups in total. The number of hydrogen-bond donors (Lipinski definition) is 0. The molecule has 0 aliphatic rings. The molecule has 0 aromatic carbocycles. The van der Waals surface area contributed by atoms with Gasteiger partial charge in [-0.05, 0) is 77.0 Å². The van der Waals surface area contributed by atoms with E-state index < -0.39 is 6.10 Å². The lowest BCUT2D eigenvalue weighted by molar-refractivity contribution is -0.167. The van der Waals surface area contributed by atoms with Gasteiger partial charge in [0.05, 0.1) is 0 Å². The first-order valence-electron chi connectivity index (χ1n) is 22.1. The van der Waals surface area contributed by atoms with Gasteiger partial charge in [0.2, 0.25) is 0 Å². The second kappa shape index (κ2) is 42.1. The first-order chi connectivity index (χ1) is 26.0. The molecule has 0 radical (unpaired) electrons. The Morgan fingerprint density at radius 3 is 1.23 bits per heavy atom. The van der Waals surface area contributed by atoms with Gasteiger partial charge < -0.3 is 14.2 Å². The summed E-state index contributed by atoms with van der Waals surface area (Å²) in [6.45, 7) is 6.44. The van der Waals surface area contributed by atoms with E-state index in [1.807, 2.05) is 0 Å². The highest BCUT2D eigenvalue weighted by atomic mass is 16.6. The highest BCUT2D eigenvalue weighted by Gasteiger charge is 2.19. The van der Waals surface area contributed by atoms with Gasteiger partial charge in [0.1, 0.15) is 13.2 Å². The average Bonchev–Trinajstić information content (AvgIpc) is 3.15. The van der Waals surface area contributed by atoms with E-state index in [4.69, 9.17) is 14.2 Å². The van der Waals surface area contributed by atoms with Gasteiger partial charge in [0, 0.05) is 19.3 Å². The monoisotopic (exact) mass is 743 g/mol. The molecule has 0 aliphatic carbocycles. The molecule has 53 heavy (non-hydrogen) atoms. The predicted molar refractivity (Wildman–Crippen MR) is 224 cm³/mol. The minimum absolute atomic E-state index is 0.0921. The molecule has 0 heterocycles. The zero-order chi connectivity index (χ0) is 38.7. The van der Waals surface area contributed by atoms with Gasteiger partial charge in [-0.2, -0.15) is 0 Å². The second-order valence-electron chi connectivity index (χ2n) is 14.6. The van der Waals surface area contributed by atoms with Gasteiger partial charge in [0.25, 0.3) is 0 Å². The van der Waals surface area contributed by atoms with E-state index >= 15 is 0 Å². The first kappa shape index (κ1) is 50.4. The smallest absolute Gasteiger partial charge is 0.306 e. The minimum Gasteiger partial charge on any atom is -0.462 e. The molecule has 0 aromatic heterocycles. The van der Waals surface area contributed by atoms with Crippen LogP contribution in [-0.2, 0) is 28.6 Å². The minimum atomic E-state index is -0.793. The van der Waals surface area contributed by atoms with Crippen LogP contribution >= 0.6 is 0 Å². The summed E-state index contributed by atoms with van der Waals surface area (Å²) in [6, 6.07) is 0. The Hall–Kier alpha value is -2.63. The lowest BCUT2D eigenvalue weighted by atomic mass is 10.1. The molecule has 0 aliphatic heterocycles. The van der Waals surface area contributed by atoms with Crippen LogP contribution in [0.2, 0.25) is 0 Å². The molecule has 0 rings (SSSR count). The molecule has 0 amide bonds. The third kappa shape index (κ3) is 40.4. The standard InChI is InChI=1S/C47H82O6/c1-4-7-10-13-16-19-22-24-26-28-31-34-37-40-46(49)52-43-44(42-51-45(48)39-36-33-30-27-21-18-15-12-9-6-3)53-47(50)41-38-35-32-29-25-23-20-17-14-11-8-5-2/h8,11,17,20,24-26,29,44H,4-7,9-10,12-16,18-19,21-23,27-28,30-43H2,1-3H3/b11-8-,20-17-,26-24-,29-25-. The van der Waals surface area contributed by atoms with Crippen molar-refractivity contribution in [2.75, 3.05) is 13.2 Å². The van der Waals surface area contributed by atoms with Crippen LogP contribution in [0.3, 0.4) is 0 Å². The van der Waals surface area contributed by atoms with Crippen molar-refractivity contribution in [3.63, 3.8) is 0 Å². The zero-order valence-electron chi connectivity index (χ0n) is 34.8. The van der Waals surface area contributed by atoms with Crippen LogP contribution < -0.4 is 0 Å². The van der Waals surface area contributed by atoms with Gasteiger partial charge in [-0.1, -0.05) is 166 Å². The Balaban J connectivity index is 4.45. The van der Waals surface area contributed by atoms with Crippen LogP contribution in [0.1, 0.15) is 213 Å². The Morgan fingerprint density at radius 1 is 0.396 bits per heavy atom. The fourth-order valence-corrected chi connectivity index (χ4v) is 5.98. The molecule has 0 saturated heterocycles. The number of rotatable bonds is 39. The van der Waals surface area contributed by atoms with Crippen molar-refractivity contribution in [1.82, 2.24) is 0 Å². The van der Waals surface area contributed by atoms with Crippen molar-refractivity contribution in [3.05, 3.63) is 48.6 Å². The Kier molecular flexibility index (Phi) is 40.0. The topological polar surface area (TPSA) is 78.9 Å². The van der Waals surface area contributed by atoms with Crippen molar-refractivity contribution >= 4 is 17.9 Å². The summed E-state index contributed by atoms with van der Waals surface area (Å²) in [6.07, 6.45) is 48.1.